The van der Waals surface area contributed by atoms with Crippen molar-refractivity contribution in [3.63, 3.8) is 0 Å². The maximum absolute atomic E-state index is 14.0. The highest BCUT2D eigenvalue weighted by Crippen LogP contribution is 2.39. The Morgan fingerprint density at radius 1 is 1.02 bits per heavy atom. The third-order valence-corrected chi connectivity index (χ3v) is 7.41. The van der Waals surface area contributed by atoms with Crippen LogP contribution in [0, 0.1) is 0 Å². The van der Waals surface area contributed by atoms with Gasteiger partial charge in [-0.2, -0.15) is 0 Å². The lowest BCUT2D eigenvalue weighted by Gasteiger charge is -2.27. The van der Waals surface area contributed by atoms with Gasteiger partial charge in [-0.1, -0.05) is 24.7 Å². The lowest BCUT2D eigenvalue weighted by molar-refractivity contribution is -0.139. The van der Waals surface area contributed by atoms with Crippen molar-refractivity contribution in [2.45, 2.75) is 32.7 Å². The van der Waals surface area contributed by atoms with Crippen molar-refractivity contribution in [2.75, 3.05) is 35.0 Å². The van der Waals surface area contributed by atoms with Gasteiger partial charge in [0.25, 0.3) is 5.56 Å². The van der Waals surface area contributed by atoms with E-state index in [9.17, 15) is 14.7 Å². The van der Waals surface area contributed by atoms with E-state index in [0.717, 1.165) is 6.42 Å². The van der Waals surface area contributed by atoms with E-state index in [2.05, 4.69) is 0 Å². The lowest BCUT2D eigenvalue weighted by atomic mass is 9.93. The van der Waals surface area contributed by atoms with Gasteiger partial charge in [-0.25, -0.2) is 9.79 Å². The molecule has 1 atom stereocenters. The minimum absolute atomic E-state index is 0.142. The number of thiazole rings is 1. The highest BCUT2D eigenvalue weighted by molar-refractivity contribution is 7.07. The molecule has 0 bridgehead atoms. The zero-order valence-electron chi connectivity index (χ0n) is 23.3. The maximum Gasteiger partial charge on any atom is 0.338 e. The van der Waals surface area contributed by atoms with Crippen LogP contribution in [0.3, 0.4) is 0 Å². The van der Waals surface area contributed by atoms with Crippen LogP contribution in [-0.4, -0.2) is 50.7 Å². The summed E-state index contributed by atoms with van der Waals surface area (Å²) in [7, 11) is 5.93. The molecule has 0 spiro atoms. The first kappa shape index (κ1) is 28.8. The number of rotatable bonds is 10. The molecule has 1 N–H and O–H groups in total. The summed E-state index contributed by atoms with van der Waals surface area (Å²) in [4.78, 5) is 32.7. The van der Waals surface area contributed by atoms with Crippen LogP contribution in [0.4, 0.5) is 0 Å². The Kier molecular flexibility index (Phi) is 8.83. The van der Waals surface area contributed by atoms with Crippen LogP contribution >= 0.6 is 11.3 Å². The number of phenols is 1. The summed E-state index contributed by atoms with van der Waals surface area (Å²) in [5.74, 6) is 0.731. The predicted octanol–water partition coefficient (Wildman–Crippen LogP) is 3.32. The average Bonchev–Trinajstić information content (AvgIpc) is 3.26. The highest BCUT2D eigenvalue weighted by atomic mass is 32.1. The molecule has 1 aliphatic rings. The Hall–Kier alpha value is -4.25. The zero-order chi connectivity index (χ0) is 29.0. The number of ether oxygens (including phenoxy) is 5. The smallest absolute Gasteiger partial charge is 0.338 e. The first-order valence-electron chi connectivity index (χ1n) is 12.7. The van der Waals surface area contributed by atoms with Crippen LogP contribution in [-0.2, 0) is 9.53 Å². The van der Waals surface area contributed by atoms with Crippen LogP contribution < -0.4 is 33.8 Å². The number of esters is 1. The molecule has 0 saturated carbocycles. The van der Waals surface area contributed by atoms with Crippen molar-refractivity contribution in [3.8, 4) is 28.7 Å². The van der Waals surface area contributed by atoms with Crippen molar-refractivity contribution in [1.29, 1.82) is 0 Å². The molecule has 0 unspecified atom stereocenters. The van der Waals surface area contributed by atoms with E-state index in [1.165, 1.54) is 37.2 Å². The van der Waals surface area contributed by atoms with Gasteiger partial charge in [0.1, 0.15) is 17.5 Å². The largest absolute Gasteiger partial charge is 0.502 e. The summed E-state index contributed by atoms with van der Waals surface area (Å²) in [5, 5.41) is 10.3. The van der Waals surface area contributed by atoms with Crippen molar-refractivity contribution >= 4 is 23.4 Å². The van der Waals surface area contributed by atoms with Crippen molar-refractivity contribution in [1.82, 2.24) is 4.57 Å². The molecular weight excluding hydrogens is 536 g/mol. The Balaban J connectivity index is 2.05. The molecule has 1 aromatic heterocycles. The summed E-state index contributed by atoms with van der Waals surface area (Å²) in [6.07, 6.45) is 2.90. The Morgan fingerprint density at radius 2 is 1.70 bits per heavy atom. The number of carbonyl (C=O) groups excluding carboxylic acids is 1. The molecule has 3 aromatic rings. The normalized spacial score (nSPS) is 14.8. The van der Waals surface area contributed by atoms with E-state index in [1.807, 2.05) is 6.92 Å². The molecule has 0 saturated heterocycles. The first-order chi connectivity index (χ1) is 19.3. The second-order valence-corrected chi connectivity index (χ2v) is 9.80. The summed E-state index contributed by atoms with van der Waals surface area (Å²) in [6, 6.07) is 7.58. The van der Waals surface area contributed by atoms with Crippen molar-refractivity contribution < 1.29 is 33.6 Å². The minimum atomic E-state index is -0.868. The number of aromatic nitrogens is 1. The Labute approximate surface area is 235 Å². The van der Waals surface area contributed by atoms with E-state index >= 15 is 0 Å². The molecule has 0 aliphatic carbocycles. The SMILES string of the molecule is CCCC1=C(C(=O)OCC)[C@H](c2cc(OC)ccc2OC)n2c(s/c(=C/c3cc(OC)c(O)c(OC)c3)c2=O)=N1. The number of allylic oxidation sites excluding steroid dienone is 1. The van der Waals surface area contributed by atoms with E-state index in [4.69, 9.17) is 28.7 Å². The third kappa shape index (κ3) is 5.29. The van der Waals surface area contributed by atoms with Gasteiger partial charge in [0, 0.05) is 5.56 Å². The average molecular weight is 569 g/mol. The van der Waals surface area contributed by atoms with Crippen LogP contribution in [0.2, 0.25) is 0 Å². The fourth-order valence-corrected chi connectivity index (χ4v) is 5.64. The van der Waals surface area contributed by atoms with Gasteiger partial charge in [-0.15, -0.1) is 0 Å². The van der Waals surface area contributed by atoms with Gasteiger partial charge in [0.2, 0.25) is 5.75 Å². The van der Waals surface area contributed by atoms with E-state index < -0.39 is 12.0 Å². The molecule has 2 aromatic carbocycles. The lowest BCUT2D eigenvalue weighted by Crippen LogP contribution is -2.40. The third-order valence-electron chi connectivity index (χ3n) is 6.42. The molecule has 212 valence electrons. The summed E-state index contributed by atoms with van der Waals surface area (Å²) in [6.45, 7) is 3.89. The number of benzene rings is 2. The van der Waals surface area contributed by atoms with Crippen LogP contribution in [0.15, 0.2) is 51.4 Å². The van der Waals surface area contributed by atoms with Crippen LogP contribution in [0.1, 0.15) is 43.9 Å². The fourth-order valence-electron chi connectivity index (χ4n) is 4.62. The number of hydrogen-bond donors (Lipinski definition) is 1. The number of nitrogens with zero attached hydrogens (tertiary/aromatic N) is 2. The molecule has 0 fully saturated rings. The molecule has 11 heteroatoms. The molecule has 40 heavy (non-hydrogen) atoms. The van der Waals surface area contributed by atoms with Gasteiger partial charge in [0.05, 0.1) is 50.8 Å². The Morgan fingerprint density at radius 3 is 2.27 bits per heavy atom. The second-order valence-electron chi connectivity index (χ2n) is 8.80. The first-order valence-corrected chi connectivity index (χ1v) is 13.5. The van der Waals surface area contributed by atoms with E-state index in [-0.39, 0.29) is 35.0 Å². The number of aromatic hydroxyl groups is 1. The van der Waals surface area contributed by atoms with E-state index in [1.54, 1.807) is 50.4 Å². The number of phenolic OH excluding ortho intramolecular Hbond substituents is 1. The molecule has 0 radical (unpaired) electrons. The summed E-state index contributed by atoms with van der Waals surface area (Å²) < 4.78 is 29.0. The molecular formula is C29H32N2O8S. The molecule has 2 heterocycles. The van der Waals surface area contributed by atoms with Crippen LogP contribution in [0.25, 0.3) is 6.08 Å². The predicted molar refractivity (Wildman–Crippen MR) is 150 cm³/mol. The van der Waals surface area contributed by atoms with Gasteiger partial charge < -0.3 is 28.8 Å². The maximum atomic E-state index is 14.0. The number of fused-ring (bicyclic) bond motifs is 1. The quantitative estimate of drug-likeness (QED) is 0.370. The molecule has 10 nitrogen and oxygen atoms in total. The van der Waals surface area contributed by atoms with Gasteiger partial charge >= 0.3 is 5.97 Å². The molecule has 4 rings (SSSR count). The standard InChI is InChI=1S/C29H32N2O8S/c1-7-9-19-24(28(34)39-8-2)25(18-15-17(35-3)10-11-20(18)36-4)31-27(33)23(40-29(31)30-19)14-16-12-21(37-5)26(32)22(13-16)38-6/h10-15,25,32H,7-9H2,1-6H3/b23-14+/t25-/m0/s1. The molecule has 0 amide bonds. The number of hydrogen-bond acceptors (Lipinski definition) is 10. The highest BCUT2D eigenvalue weighted by Gasteiger charge is 2.36. The number of methoxy groups -OCH3 is 4. The van der Waals surface area contributed by atoms with E-state index in [0.29, 0.717) is 44.1 Å². The van der Waals surface area contributed by atoms with Crippen LogP contribution in [0.5, 0.6) is 28.7 Å². The topological polar surface area (TPSA) is 118 Å². The second kappa shape index (κ2) is 12.3. The fraction of sp³-hybridized carbons (Fsp3) is 0.345. The zero-order valence-corrected chi connectivity index (χ0v) is 24.1. The monoisotopic (exact) mass is 568 g/mol. The van der Waals surface area contributed by atoms with Crippen molar-refractivity contribution in [2.24, 2.45) is 4.99 Å². The van der Waals surface area contributed by atoms with Gasteiger partial charge in [0.15, 0.2) is 16.3 Å². The van der Waals surface area contributed by atoms with Gasteiger partial charge in [-0.3, -0.25) is 9.36 Å². The molecule has 1 aliphatic heterocycles. The minimum Gasteiger partial charge on any atom is -0.502 e. The van der Waals surface area contributed by atoms with Gasteiger partial charge in [-0.05, 0) is 55.3 Å². The van der Waals surface area contributed by atoms with Crippen molar-refractivity contribution in [3.05, 3.63) is 72.4 Å². The Bertz CT molecular complexity index is 1610. The summed E-state index contributed by atoms with van der Waals surface area (Å²) >= 11 is 1.19. The summed E-state index contributed by atoms with van der Waals surface area (Å²) in [5.41, 5.74) is 1.61. The number of carbonyl (C=O) groups is 1.